The second kappa shape index (κ2) is 2.79. The summed E-state index contributed by atoms with van der Waals surface area (Å²) >= 11 is 5.99. The first-order valence-electron chi connectivity index (χ1n) is 3.92. The molecule has 3 heteroatoms. The van der Waals surface area contributed by atoms with Gasteiger partial charge in [-0.05, 0) is 25.1 Å². The third-order valence-corrected chi connectivity index (χ3v) is 2.23. The molecule has 2 heterocycles. The van der Waals surface area contributed by atoms with Gasteiger partial charge in [-0.1, -0.05) is 11.6 Å². The Morgan fingerprint density at radius 2 is 2.42 bits per heavy atom. The number of hydrogen-bond acceptors (Lipinski definition) is 1. The van der Waals surface area contributed by atoms with E-state index < -0.39 is 0 Å². The Labute approximate surface area is 75.8 Å². The van der Waals surface area contributed by atoms with E-state index in [1.807, 2.05) is 22.8 Å². The molecule has 0 N–H and O–H groups in total. The van der Waals surface area contributed by atoms with Crippen LogP contribution < -0.4 is 0 Å². The largest absolute Gasteiger partial charge is 0.317 e. The quantitative estimate of drug-likeness (QED) is 0.660. The van der Waals surface area contributed by atoms with E-state index in [1.165, 1.54) is 0 Å². The molecule has 0 radical (unpaired) electrons. The summed E-state index contributed by atoms with van der Waals surface area (Å²) in [6.45, 7) is 2.92. The van der Waals surface area contributed by atoms with E-state index in [2.05, 4.69) is 11.9 Å². The van der Waals surface area contributed by atoms with Crippen molar-refractivity contribution in [3.63, 3.8) is 0 Å². The highest BCUT2D eigenvalue weighted by Gasteiger charge is 2.04. The van der Waals surface area contributed by atoms with Crippen molar-refractivity contribution >= 4 is 22.6 Å². The molecule has 0 atom stereocenters. The van der Waals surface area contributed by atoms with Crippen molar-refractivity contribution in [1.29, 1.82) is 0 Å². The average Bonchev–Trinajstić information content (AvgIpc) is 2.40. The topological polar surface area (TPSA) is 17.8 Å². The van der Waals surface area contributed by atoms with Crippen molar-refractivity contribution < 1.29 is 0 Å². The first-order chi connectivity index (χ1) is 5.83. The highest BCUT2D eigenvalue weighted by atomic mass is 35.5. The van der Waals surface area contributed by atoms with Crippen LogP contribution in [0.5, 0.6) is 0 Å². The monoisotopic (exact) mass is 180 g/mol. The molecule has 0 spiro atoms. The second-order valence-electron chi connectivity index (χ2n) is 2.63. The van der Waals surface area contributed by atoms with Crippen LogP contribution in [0.1, 0.15) is 6.92 Å². The van der Waals surface area contributed by atoms with E-state index >= 15 is 0 Å². The summed E-state index contributed by atoms with van der Waals surface area (Å²) in [5.41, 5.74) is 0.963. The van der Waals surface area contributed by atoms with Crippen LogP contribution in [0, 0.1) is 0 Å². The summed E-state index contributed by atoms with van der Waals surface area (Å²) in [6.07, 6.45) is 1.78. The number of nitrogens with zero attached hydrogens (tertiary/aromatic N) is 2. The van der Waals surface area contributed by atoms with Crippen LogP contribution >= 0.6 is 11.6 Å². The molecule has 62 valence electrons. The minimum Gasteiger partial charge on any atom is -0.317 e. The molecule has 0 aliphatic rings. The smallest absolute Gasteiger partial charge is 0.140 e. The van der Waals surface area contributed by atoms with Crippen LogP contribution in [-0.4, -0.2) is 9.55 Å². The van der Waals surface area contributed by atoms with Crippen LogP contribution in [0.15, 0.2) is 24.4 Å². The predicted octanol–water partition coefficient (Wildman–Crippen LogP) is 2.71. The molecule has 2 aromatic rings. The standard InChI is InChI=1S/C9H9ClN2/c1-2-12-8(10)6-7-4-3-5-11-9(7)12/h3-6H,2H2,1H3. The predicted molar refractivity (Wildman–Crippen MR) is 50.4 cm³/mol. The summed E-state index contributed by atoms with van der Waals surface area (Å²) in [5, 5.41) is 1.86. The second-order valence-corrected chi connectivity index (χ2v) is 3.01. The fraction of sp³-hybridized carbons (Fsp3) is 0.222. The molecular weight excluding hydrogens is 172 g/mol. The molecule has 0 fully saturated rings. The third kappa shape index (κ3) is 0.994. The number of pyridine rings is 1. The van der Waals surface area contributed by atoms with Crippen molar-refractivity contribution in [3.8, 4) is 0 Å². The fourth-order valence-electron chi connectivity index (χ4n) is 1.36. The van der Waals surface area contributed by atoms with Crippen molar-refractivity contribution in [2.45, 2.75) is 13.5 Å². The van der Waals surface area contributed by atoms with Gasteiger partial charge in [0.1, 0.15) is 10.8 Å². The molecule has 0 unspecified atom stereocenters. The molecule has 2 aromatic heterocycles. The first kappa shape index (κ1) is 7.62. The first-order valence-corrected chi connectivity index (χ1v) is 4.30. The van der Waals surface area contributed by atoms with Crippen molar-refractivity contribution in [1.82, 2.24) is 9.55 Å². The van der Waals surface area contributed by atoms with Crippen molar-refractivity contribution in [2.75, 3.05) is 0 Å². The Hall–Kier alpha value is -1.02. The lowest BCUT2D eigenvalue weighted by atomic mass is 10.3. The van der Waals surface area contributed by atoms with Crippen LogP contribution in [-0.2, 0) is 6.54 Å². The van der Waals surface area contributed by atoms with E-state index in [1.54, 1.807) is 6.20 Å². The maximum atomic E-state index is 5.99. The number of aromatic nitrogens is 2. The molecule has 0 amide bonds. The molecule has 0 saturated heterocycles. The minimum atomic E-state index is 0.756. The number of fused-ring (bicyclic) bond motifs is 1. The van der Waals surface area contributed by atoms with Gasteiger partial charge < -0.3 is 4.57 Å². The van der Waals surface area contributed by atoms with Gasteiger partial charge in [0.05, 0.1) is 0 Å². The SMILES string of the molecule is CCn1c(Cl)cc2cccnc21. The highest BCUT2D eigenvalue weighted by Crippen LogP contribution is 2.20. The number of rotatable bonds is 1. The molecule has 2 nitrogen and oxygen atoms in total. The van der Waals surface area contributed by atoms with E-state index in [0.29, 0.717) is 0 Å². The van der Waals surface area contributed by atoms with Gasteiger partial charge in [0.15, 0.2) is 0 Å². The third-order valence-electron chi connectivity index (χ3n) is 1.92. The summed E-state index contributed by atoms with van der Waals surface area (Å²) in [5.74, 6) is 0. The number of hydrogen-bond donors (Lipinski definition) is 0. The summed E-state index contributed by atoms with van der Waals surface area (Å²) < 4.78 is 1.98. The van der Waals surface area contributed by atoms with Gasteiger partial charge >= 0.3 is 0 Å². The van der Waals surface area contributed by atoms with Gasteiger partial charge in [0.25, 0.3) is 0 Å². The Balaban J connectivity index is 2.81. The zero-order valence-electron chi connectivity index (χ0n) is 6.79. The Morgan fingerprint density at radius 3 is 3.17 bits per heavy atom. The van der Waals surface area contributed by atoms with Gasteiger partial charge in [-0.15, -0.1) is 0 Å². The summed E-state index contributed by atoms with van der Waals surface area (Å²) in [6, 6.07) is 5.87. The molecule has 0 aliphatic heterocycles. The lowest BCUT2D eigenvalue weighted by Crippen LogP contribution is -1.94. The zero-order chi connectivity index (χ0) is 8.55. The number of halogens is 1. The lowest BCUT2D eigenvalue weighted by Gasteiger charge is -1.99. The van der Waals surface area contributed by atoms with Gasteiger partial charge in [0.2, 0.25) is 0 Å². The van der Waals surface area contributed by atoms with Gasteiger partial charge in [0, 0.05) is 18.1 Å². The van der Waals surface area contributed by atoms with Crippen molar-refractivity contribution in [2.24, 2.45) is 0 Å². The van der Waals surface area contributed by atoms with Crippen LogP contribution in [0.2, 0.25) is 5.15 Å². The molecule has 0 aliphatic carbocycles. The van der Waals surface area contributed by atoms with E-state index in [0.717, 1.165) is 22.7 Å². The fourth-order valence-corrected chi connectivity index (χ4v) is 1.67. The normalized spacial score (nSPS) is 10.8. The van der Waals surface area contributed by atoms with Crippen LogP contribution in [0.4, 0.5) is 0 Å². The van der Waals surface area contributed by atoms with Crippen LogP contribution in [0.3, 0.4) is 0 Å². The van der Waals surface area contributed by atoms with Crippen molar-refractivity contribution in [3.05, 3.63) is 29.5 Å². The van der Waals surface area contributed by atoms with Gasteiger partial charge in [-0.25, -0.2) is 4.98 Å². The number of aryl methyl sites for hydroxylation is 1. The van der Waals surface area contributed by atoms with E-state index in [-0.39, 0.29) is 0 Å². The Bertz CT molecular complexity index is 406. The average molecular weight is 181 g/mol. The van der Waals surface area contributed by atoms with Gasteiger partial charge in [-0.2, -0.15) is 0 Å². The summed E-state index contributed by atoms with van der Waals surface area (Å²) in [4.78, 5) is 4.25. The molecule has 0 saturated carbocycles. The van der Waals surface area contributed by atoms with E-state index in [9.17, 15) is 0 Å². The molecule has 2 rings (SSSR count). The highest BCUT2D eigenvalue weighted by molar-refractivity contribution is 6.30. The van der Waals surface area contributed by atoms with Gasteiger partial charge in [-0.3, -0.25) is 0 Å². The lowest BCUT2D eigenvalue weighted by molar-refractivity contribution is 0.788. The molecule has 12 heavy (non-hydrogen) atoms. The minimum absolute atomic E-state index is 0.756. The summed E-state index contributed by atoms with van der Waals surface area (Å²) in [7, 11) is 0. The maximum Gasteiger partial charge on any atom is 0.140 e. The molecule has 0 bridgehead atoms. The van der Waals surface area contributed by atoms with Crippen LogP contribution in [0.25, 0.3) is 11.0 Å². The maximum absolute atomic E-state index is 5.99. The molecular formula is C9H9ClN2. The Morgan fingerprint density at radius 1 is 1.58 bits per heavy atom. The van der Waals surface area contributed by atoms with E-state index in [4.69, 9.17) is 11.6 Å². The zero-order valence-corrected chi connectivity index (χ0v) is 7.54. The Kier molecular flexibility index (Phi) is 1.77. The molecule has 0 aromatic carbocycles.